The molecule has 136 valence electrons. The third-order valence-corrected chi connectivity index (χ3v) is 4.13. The largest absolute Gasteiger partial charge is 0.337 e. The zero-order chi connectivity index (χ0) is 17.4. The van der Waals surface area contributed by atoms with Gasteiger partial charge in [0.15, 0.2) is 5.13 Å². The number of hydrogen-bond donors (Lipinski definition) is 4. The van der Waals surface area contributed by atoms with E-state index in [9.17, 15) is 9.59 Å². The van der Waals surface area contributed by atoms with Crippen molar-refractivity contribution in [1.82, 2.24) is 15.7 Å². The third kappa shape index (κ3) is 7.51. The highest BCUT2D eigenvalue weighted by molar-refractivity contribution is 7.13. The maximum Gasteiger partial charge on any atom is 0.328 e. The molecule has 0 spiro atoms. The molecule has 5 N–H and O–H groups in total. The fourth-order valence-corrected chi connectivity index (χ4v) is 3.01. The van der Waals surface area contributed by atoms with Crippen LogP contribution in [-0.4, -0.2) is 23.5 Å². The van der Waals surface area contributed by atoms with E-state index in [2.05, 4.69) is 27.8 Å². The number of urea groups is 1. The molecular formula is C16H22ClN5O2S. The van der Waals surface area contributed by atoms with Crippen LogP contribution in [0.1, 0.15) is 23.7 Å². The Bertz CT molecular complexity index is 707. The molecule has 0 aliphatic rings. The van der Waals surface area contributed by atoms with E-state index in [1.807, 2.05) is 22.9 Å². The molecule has 0 atom stereocenters. The van der Waals surface area contributed by atoms with Crippen molar-refractivity contribution in [3.05, 3.63) is 46.5 Å². The molecular weight excluding hydrogens is 362 g/mol. The quantitative estimate of drug-likeness (QED) is 0.333. The Morgan fingerprint density at radius 2 is 1.92 bits per heavy atom. The number of rotatable bonds is 7. The molecule has 0 fully saturated rings. The summed E-state index contributed by atoms with van der Waals surface area (Å²) in [5.74, 6) is 4.90. The zero-order valence-electron chi connectivity index (χ0n) is 13.9. The summed E-state index contributed by atoms with van der Waals surface area (Å²) < 4.78 is 0. The van der Waals surface area contributed by atoms with Crippen LogP contribution < -0.4 is 21.9 Å². The number of carbonyl (C=O) groups excluding carboxylic acids is 2. The summed E-state index contributed by atoms with van der Waals surface area (Å²) in [6.45, 7) is 2.00. The summed E-state index contributed by atoms with van der Waals surface area (Å²) in [6.07, 6.45) is 2.42. The van der Waals surface area contributed by atoms with Crippen molar-refractivity contribution in [2.45, 2.75) is 26.2 Å². The number of aryl methyl sites for hydroxylation is 2. The van der Waals surface area contributed by atoms with E-state index in [1.165, 1.54) is 23.8 Å². The predicted octanol–water partition coefficient (Wildman–Crippen LogP) is 2.02. The smallest absolute Gasteiger partial charge is 0.328 e. The Labute approximate surface area is 156 Å². The third-order valence-electron chi connectivity index (χ3n) is 3.33. The molecule has 0 radical (unpaired) electrons. The lowest BCUT2D eigenvalue weighted by atomic mass is 10.0. The van der Waals surface area contributed by atoms with E-state index in [0.29, 0.717) is 11.7 Å². The first kappa shape index (κ1) is 20.9. The fourth-order valence-electron chi connectivity index (χ4n) is 2.21. The van der Waals surface area contributed by atoms with Crippen molar-refractivity contribution in [3.63, 3.8) is 0 Å². The van der Waals surface area contributed by atoms with Gasteiger partial charge in [0.1, 0.15) is 0 Å². The summed E-state index contributed by atoms with van der Waals surface area (Å²) in [4.78, 5) is 26.4. The van der Waals surface area contributed by atoms with Crippen LogP contribution in [0.4, 0.5) is 9.93 Å². The number of aromatic nitrogens is 1. The number of nitrogens with one attached hydrogen (secondary N) is 3. The van der Waals surface area contributed by atoms with Gasteiger partial charge in [-0.1, -0.05) is 24.3 Å². The molecule has 0 unspecified atom stereocenters. The minimum atomic E-state index is -0.385. The number of hydrogen-bond acceptors (Lipinski definition) is 5. The standard InChI is InChI=1S/C16H21N5O2S.ClH/c1-11(22)19-16-20-14(10-24-16)6-5-12-3-2-4-13(9-12)7-8-18-15(23)21-17;/h2-4,9-10H,5-8,17H2,1H3,(H2,18,21,23)(H,19,20,22);1H. The lowest BCUT2D eigenvalue weighted by Crippen LogP contribution is -2.40. The minimum absolute atomic E-state index is 0. The van der Waals surface area contributed by atoms with Crippen LogP contribution in [0.15, 0.2) is 29.6 Å². The van der Waals surface area contributed by atoms with Crippen LogP contribution in [0.25, 0.3) is 0 Å². The fraction of sp³-hybridized carbons (Fsp3) is 0.312. The van der Waals surface area contributed by atoms with Crippen molar-refractivity contribution in [1.29, 1.82) is 0 Å². The molecule has 0 saturated heterocycles. The molecule has 2 rings (SSSR count). The van der Waals surface area contributed by atoms with Gasteiger partial charge in [0.05, 0.1) is 5.69 Å². The van der Waals surface area contributed by atoms with Crippen LogP contribution >= 0.6 is 23.7 Å². The molecule has 2 aromatic rings. The Morgan fingerprint density at radius 1 is 1.20 bits per heavy atom. The van der Waals surface area contributed by atoms with E-state index >= 15 is 0 Å². The number of carbonyl (C=O) groups is 2. The molecule has 3 amide bonds. The van der Waals surface area contributed by atoms with E-state index in [0.717, 1.165) is 30.5 Å². The molecule has 1 heterocycles. The van der Waals surface area contributed by atoms with E-state index in [4.69, 9.17) is 5.84 Å². The van der Waals surface area contributed by atoms with Crippen molar-refractivity contribution >= 4 is 40.8 Å². The number of thiazole rings is 1. The summed E-state index contributed by atoms with van der Waals surface area (Å²) >= 11 is 1.43. The highest BCUT2D eigenvalue weighted by atomic mass is 35.5. The van der Waals surface area contributed by atoms with Gasteiger partial charge < -0.3 is 10.6 Å². The second-order valence-electron chi connectivity index (χ2n) is 5.30. The summed E-state index contributed by atoms with van der Waals surface area (Å²) in [5, 5.41) is 7.95. The maximum atomic E-state index is 11.0. The Kier molecular flexibility index (Phi) is 8.90. The molecule has 9 heteroatoms. The first-order valence-electron chi connectivity index (χ1n) is 7.61. The van der Waals surface area contributed by atoms with Gasteiger partial charge in [0, 0.05) is 18.8 Å². The minimum Gasteiger partial charge on any atom is -0.337 e. The lowest BCUT2D eigenvalue weighted by Gasteiger charge is -2.06. The molecule has 1 aromatic heterocycles. The van der Waals surface area contributed by atoms with Gasteiger partial charge in [-0.3, -0.25) is 10.2 Å². The second-order valence-corrected chi connectivity index (χ2v) is 6.15. The summed E-state index contributed by atoms with van der Waals surface area (Å²) in [5.41, 5.74) is 5.37. The van der Waals surface area contributed by atoms with Crippen molar-refractivity contribution in [3.8, 4) is 0 Å². The maximum absolute atomic E-state index is 11.0. The number of nitrogens with zero attached hydrogens (tertiary/aromatic N) is 1. The zero-order valence-corrected chi connectivity index (χ0v) is 15.5. The van der Waals surface area contributed by atoms with Gasteiger partial charge in [-0.05, 0) is 30.4 Å². The Hall–Kier alpha value is -2.16. The molecule has 7 nitrogen and oxygen atoms in total. The van der Waals surface area contributed by atoms with Gasteiger partial charge in [-0.2, -0.15) is 0 Å². The van der Waals surface area contributed by atoms with Crippen LogP contribution in [-0.2, 0) is 24.1 Å². The van der Waals surface area contributed by atoms with Gasteiger partial charge in [-0.25, -0.2) is 15.6 Å². The number of amides is 3. The number of halogens is 1. The first-order chi connectivity index (χ1) is 11.6. The van der Waals surface area contributed by atoms with Gasteiger partial charge in [0.2, 0.25) is 5.91 Å². The second kappa shape index (κ2) is 10.7. The van der Waals surface area contributed by atoms with E-state index < -0.39 is 0 Å². The molecule has 25 heavy (non-hydrogen) atoms. The predicted molar refractivity (Wildman–Crippen MR) is 102 cm³/mol. The average molecular weight is 384 g/mol. The Balaban J connectivity index is 0.00000312. The van der Waals surface area contributed by atoms with Crippen LogP contribution in [0, 0.1) is 0 Å². The highest BCUT2D eigenvalue weighted by Crippen LogP contribution is 2.17. The highest BCUT2D eigenvalue weighted by Gasteiger charge is 2.04. The number of nitrogens with two attached hydrogens (primary N) is 1. The van der Waals surface area contributed by atoms with E-state index in [1.54, 1.807) is 0 Å². The normalized spacial score (nSPS) is 9.84. The Morgan fingerprint density at radius 3 is 2.60 bits per heavy atom. The molecule has 0 aliphatic carbocycles. The summed E-state index contributed by atoms with van der Waals surface area (Å²) in [7, 11) is 0. The van der Waals surface area contributed by atoms with Crippen LogP contribution in [0.5, 0.6) is 0 Å². The SMILES string of the molecule is CC(=O)Nc1nc(CCc2cccc(CCNC(=O)NN)c2)cs1.Cl. The monoisotopic (exact) mass is 383 g/mol. The molecule has 0 bridgehead atoms. The van der Waals surface area contributed by atoms with Crippen molar-refractivity contribution < 1.29 is 9.59 Å². The number of benzene rings is 1. The van der Waals surface area contributed by atoms with Crippen LogP contribution in [0.2, 0.25) is 0 Å². The molecule has 0 saturated carbocycles. The summed E-state index contributed by atoms with van der Waals surface area (Å²) in [6, 6.07) is 7.86. The first-order valence-corrected chi connectivity index (χ1v) is 8.49. The van der Waals surface area contributed by atoms with Crippen LogP contribution in [0.3, 0.4) is 0 Å². The van der Waals surface area contributed by atoms with Crippen molar-refractivity contribution in [2.24, 2.45) is 5.84 Å². The topological polar surface area (TPSA) is 109 Å². The molecule has 1 aromatic carbocycles. The number of hydrazine groups is 1. The number of anilines is 1. The van der Waals surface area contributed by atoms with Crippen molar-refractivity contribution in [2.75, 3.05) is 11.9 Å². The van der Waals surface area contributed by atoms with Gasteiger partial charge in [-0.15, -0.1) is 23.7 Å². The van der Waals surface area contributed by atoms with E-state index in [-0.39, 0.29) is 24.3 Å². The molecule has 0 aliphatic heterocycles. The van der Waals surface area contributed by atoms with Gasteiger partial charge in [0.25, 0.3) is 0 Å². The lowest BCUT2D eigenvalue weighted by molar-refractivity contribution is -0.114. The average Bonchev–Trinajstić information content (AvgIpc) is 3.00. The van der Waals surface area contributed by atoms with Gasteiger partial charge >= 0.3 is 6.03 Å².